The van der Waals surface area contributed by atoms with Crippen LogP contribution in [-0.2, 0) is 0 Å². The first-order valence-electron chi connectivity index (χ1n) is 10.2. The van der Waals surface area contributed by atoms with Crippen molar-refractivity contribution in [2.45, 2.75) is 6.92 Å². The number of fused-ring (bicyclic) bond motifs is 1. The molecule has 6 nitrogen and oxygen atoms in total. The Hall–Kier alpha value is -3.38. The lowest BCUT2D eigenvalue weighted by atomic mass is 10.1. The highest BCUT2D eigenvalue weighted by molar-refractivity contribution is 6.33. The minimum Gasteiger partial charge on any atom is -0.461 e. The van der Waals surface area contributed by atoms with Crippen LogP contribution >= 0.6 is 11.6 Å². The van der Waals surface area contributed by atoms with Crippen molar-refractivity contribution in [3.05, 3.63) is 77.0 Å². The monoisotopic (exact) mass is 432 g/mol. The van der Waals surface area contributed by atoms with Crippen molar-refractivity contribution in [1.82, 2.24) is 14.9 Å². The molecule has 0 N–H and O–H groups in total. The smallest absolute Gasteiger partial charge is 0.255 e. The Balaban J connectivity index is 1.44. The highest BCUT2D eigenvalue weighted by Crippen LogP contribution is 2.29. The number of carbonyl (C=O) groups excluding carboxylic acids is 1. The van der Waals surface area contributed by atoms with Gasteiger partial charge in [-0.1, -0.05) is 35.4 Å². The first-order valence-corrected chi connectivity index (χ1v) is 10.6. The van der Waals surface area contributed by atoms with E-state index in [2.05, 4.69) is 17.9 Å². The Labute approximate surface area is 185 Å². The van der Waals surface area contributed by atoms with E-state index < -0.39 is 0 Å². The van der Waals surface area contributed by atoms with Crippen LogP contribution in [0.5, 0.6) is 0 Å². The molecule has 1 aliphatic heterocycles. The number of aryl methyl sites for hydroxylation is 1. The van der Waals surface area contributed by atoms with Crippen molar-refractivity contribution in [3.8, 4) is 11.6 Å². The SMILES string of the molecule is Cc1ccc2nc(-c3ccco3)nc(N3CCN(C(=O)c4ccccc4Cl)CC3)c2c1. The summed E-state index contributed by atoms with van der Waals surface area (Å²) in [6, 6.07) is 17.0. The topological polar surface area (TPSA) is 62.5 Å². The molecule has 156 valence electrons. The summed E-state index contributed by atoms with van der Waals surface area (Å²) in [7, 11) is 0. The van der Waals surface area contributed by atoms with Gasteiger partial charge in [-0.05, 0) is 43.3 Å². The molecule has 1 saturated heterocycles. The first kappa shape index (κ1) is 19.6. The second-order valence-electron chi connectivity index (χ2n) is 7.63. The van der Waals surface area contributed by atoms with Gasteiger partial charge >= 0.3 is 0 Å². The fraction of sp³-hybridized carbons (Fsp3) is 0.208. The van der Waals surface area contributed by atoms with Crippen LogP contribution in [0.25, 0.3) is 22.5 Å². The molecule has 0 radical (unpaired) electrons. The number of carbonyl (C=O) groups is 1. The third-order valence-corrected chi connectivity index (χ3v) is 5.87. The van der Waals surface area contributed by atoms with Crippen LogP contribution in [0.15, 0.2) is 65.3 Å². The Morgan fingerprint density at radius 3 is 2.55 bits per heavy atom. The molecule has 3 heterocycles. The van der Waals surface area contributed by atoms with E-state index in [0.29, 0.717) is 48.3 Å². The molecule has 7 heteroatoms. The predicted molar refractivity (Wildman–Crippen MR) is 122 cm³/mol. The number of halogens is 1. The molecule has 0 spiro atoms. The van der Waals surface area contributed by atoms with Crippen molar-refractivity contribution < 1.29 is 9.21 Å². The fourth-order valence-electron chi connectivity index (χ4n) is 3.91. The number of furan rings is 1. The van der Waals surface area contributed by atoms with Crippen LogP contribution in [-0.4, -0.2) is 47.0 Å². The maximum Gasteiger partial charge on any atom is 0.255 e. The lowest BCUT2D eigenvalue weighted by Crippen LogP contribution is -2.49. The summed E-state index contributed by atoms with van der Waals surface area (Å²) in [5.74, 6) is 2.03. The molecule has 0 unspecified atom stereocenters. The Bertz CT molecular complexity index is 1250. The first-order chi connectivity index (χ1) is 15.1. The molecule has 0 bridgehead atoms. The van der Waals surface area contributed by atoms with E-state index >= 15 is 0 Å². The van der Waals surface area contributed by atoms with Gasteiger partial charge in [0.05, 0.1) is 22.4 Å². The molecule has 5 rings (SSSR count). The van der Waals surface area contributed by atoms with Crippen molar-refractivity contribution in [1.29, 1.82) is 0 Å². The van der Waals surface area contributed by atoms with Gasteiger partial charge in [0, 0.05) is 31.6 Å². The number of aromatic nitrogens is 2. The summed E-state index contributed by atoms with van der Waals surface area (Å²) in [5, 5.41) is 1.48. The fourth-order valence-corrected chi connectivity index (χ4v) is 4.13. The van der Waals surface area contributed by atoms with Crippen LogP contribution in [0, 0.1) is 6.92 Å². The molecule has 0 aliphatic carbocycles. The number of piperazine rings is 1. The maximum atomic E-state index is 12.9. The molecule has 1 aliphatic rings. The van der Waals surface area contributed by atoms with Gasteiger partial charge in [0.25, 0.3) is 5.91 Å². The van der Waals surface area contributed by atoms with Gasteiger partial charge in [0.2, 0.25) is 0 Å². The maximum absolute atomic E-state index is 12.9. The lowest BCUT2D eigenvalue weighted by molar-refractivity contribution is 0.0747. The number of amides is 1. The van der Waals surface area contributed by atoms with Gasteiger partial charge in [-0.15, -0.1) is 0 Å². The van der Waals surface area contributed by atoms with Gasteiger partial charge in [0.15, 0.2) is 11.6 Å². The average molecular weight is 433 g/mol. The van der Waals surface area contributed by atoms with Gasteiger partial charge < -0.3 is 14.2 Å². The van der Waals surface area contributed by atoms with Crippen LogP contribution in [0.4, 0.5) is 5.82 Å². The van der Waals surface area contributed by atoms with Crippen molar-refractivity contribution in [3.63, 3.8) is 0 Å². The van der Waals surface area contributed by atoms with Crippen LogP contribution in [0.2, 0.25) is 5.02 Å². The van der Waals surface area contributed by atoms with E-state index in [1.54, 1.807) is 18.4 Å². The number of benzene rings is 2. The molecule has 2 aromatic heterocycles. The van der Waals surface area contributed by atoms with Gasteiger partial charge in [-0.25, -0.2) is 9.97 Å². The second-order valence-corrected chi connectivity index (χ2v) is 8.04. The summed E-state index contributed by atoms with van der Waals surface area (Å²) in [5.41, 5.74) is 2.56. The van der Waals surface area contributed by atoms with E-state index in [-0.39, 0.29) is 5.91 Å². The van der Waals surface area contributed by atoms with Crippen molar-refractivity contribution in [2.75, 3.05) is 31.1 Å². The highest BCUT2D eigenvalue weighted by Gasteiger charge is 2.26. The summed E-state index contributed by atoms with van der Waals surface area (Å²) >= 11 is 6.23. The van der Waals surface area contributed by atoms with Crippen LogP contribution in [0.3, 0.4) is 0 Å². The molecule has 1 amide bonds. The summed E-state index contributed by atoms with van der Waals surface area (Å²) in [6.07, 6.45) is 1.62. The number of anilines is 1. The Morgan fingerprint density at radius 2 is 1.81 bits per heavy atom. The van der Waals surface area contributed by atoms with E-state index in [1.165, 1.54) is 0 Å². The van der Waals surface area contributed by atoms with Gasteiger partial charge in [0.1, 0.15) is 5.82 Å². The van der Waals surface area contributed by atoms with E-state index in [4.69, 9.17) is 26.0 Å². The molecule has 0 saturated carbocycles. The van der Waals surface area contributed by atoms with Crippen LogP contribution < -0.4 is 4.90 Å². The van der Waals surface area contributed by atoms with Crippen LogP contribution in [0.1, 0.15) is 15.9 Å². The largest absolute Gasteiger partial charge is 0.461 e. The summed E-state index contributed by atoms with van der Waals surface area (Å²) in [6.45, 7) is 4.60. The number of nitrogens with zero attached hydrogens (tertiary/aromatic N) is 4. The standard InChI is InChI=1S/C24H21ClN4O2/c1-16-8-9-20-18(15-16)23(27-22(26-20)21-7-4-14-31-21)28-10-12-29(13-11-28)24(30)17-5-2-3-6-19(17)25/h2-9,14-15H,10-13H2,1H3. The van der Waals surface area contributed by atoms with Gasteiger partial charge in [-0.2, -0.15) is 0 Å². The third kappa shape index (κ3) is 3.75. The normalized spacial score (nSPS) is 14.3. The number of hydrogen-bond donors (Lipinski definition) is 0. The van der Waals surface area contributed by atoms with Gasteiger partial charge in [-0.3, -0.25) is 4.79 Å². The zero-order valence-corrected chi connectivity index (χ0v) is 17.8. The Morgan fingerprint density at radius 1 is 1.00 bits per heavy atom. The average Bonchev–Trinajstić information content (AvgIpc) is 3.33. The molecular weight excluding hydrogens is 412 g/mol. The quantitative estimate of drug-likeness (QED) is 0.464. The van der Waals surface area contributed by atoms with Crippen molar-refractivity contribution in [2.24, 2.45) is 0 Å². The summed E-state index contributed by atoms with van der Waals surface area (Å²) in [4.78, 5) is 26.5. The van der Waals surface area contributed by atoms with Crippen molar-refractivity contribution >= 4 is 34.2 Å². The highest BCUT2D eigenvalue weighted by atomic mass is 35.5. The minimum absolute atomic E-state index is 0.0371. The molecule has 4 aromatic rings. The zero-order chi connectivity index (χ0) is 21.4. The van der Waals surface area contributed by atoms with E-state index in [9.17, 15) is 4.79 Å². The number of hydrogen-bond acceptors (Lipinski definition) is 5. The lowest BCUT2D eigenvalue weighted by Gasteiger charge is -2.36. The predicted octanol–water partition coefficient (Wildman–Crippen LogP) is 4.81. The molecule has 0 atom stereocenters. The second kappa shape index (κ2) is 8.04. The van der Waals surface area contributed by atoms with E-state index in [1.807, 2.05) is 41.3 Å². The minimum atomic E-state index is -0.0371. The third-order valence-electron chi connectivity index (χ3n) is 5.54. The molecule has 1 fully saturated rings. The molecule has 31 heavy (non-hydrogen) atoms. The Kier molecular flexibility index (Phi) is 5.08. The molecular formula is C24H21ClN4O2. The van der Waals surface area contributed by atoms with E-state index in [0.717, 1.165) is 22.3 Å². The zero-order valence-electron chi connectivity index (χ0n) is 17.1. The summed E-state index contributed by atoms with van der Waals surface area (Å²) < 4.78 is 5.53. The number of rotatable bonds is 3. The molecule has 2 aromatic carbocycles.